The smallest absolute Gasteiger partial charge is 0.307 e. The minimum Gasteiger partial charge on any atom is -0.481 e. The predicted molar refractivity (Wildman–Crippen MR) is 38.7 cm³/mol. The van der Waals surface area contributed by atoms with Gasteiger partial charge >= 0.3 is 5.97 Å². The van der Waals surface area contributed by atoms with E-state index in [1.54, 1.807) is 0 Å². The molecule has 1 fully saturated rings. The average molecular weight is 140 g/mol. The molecule has 2 atom stereocenters. The molecule has 0 aromatic carbocycles. The number of allylic oxidation sites excluding steroid dienone is 1. The van der Waals surface area contributed by atoms with Gasteiger partial charge in [0.05, 0.1) is 5.92 Å². The lowest BCUT2D eigenvalue weighted by Gasteiger charge is -2.06. The molecule has 0 spiro atoms. The van der Waals surface area contributed by atoms with Gasteiger partial charge in [-0.3, -0.25) is 4.79 Å². The van der Waals surface area contributed by atoms with Crippen molar-refractivity contribution in [2.45, 2.75) is 20.3 Å². The molecule has 0 bridgehead atoms. The van der Waals surface area contributed by atoms with Gasteiger partial charge in [-0.1, -0.05) is 19.1 Å². The lowest BCUT2D eigenvalue weighted by Crippen LogP contribution is -2.07. The highest BCUT2D eigenvalue weighted by Gasteiger charge is 2.55. The number of carbonyl (C=O) groups is 1. The number of carboxylic acids is 1. The van der Waals surface area contributed by atoms with Gasteiger partial charge < -0.3 is 5.11 Å². The molecule has 1 aliphatic rings. The van der Waals surface area contributed by atoms with Crippen molar-refractivity contribution < 1.29 is 9.90 Å². The second-order valence-electron chi connectivity index (χ2n) is 3.29. The number of carboxylic acid groups (broad SMARTS) is 1. The predicted octanol–water partition coefficient (Wildman–Crippen LogP) is 1.67. The number of hydrogen-bond donors (Lipinski definition) is 1. The highest BCUT2D eigenvalue weighted by molar-refractivity contribution is 5.75. The molecule has 1 aliphatic carbocycles. The van der Waals surface area contributed by atoms with Crippen molar-refractivity contribution >= 4 is 5.97 Å². The van der Waals surface area contributed by atoms with E-state index in [2.05, 4.69) is 6.58 Å². The lowest BCUT2D eigenvalue weighted by atomic mass is 9.98. The van der Waals surface area contributed by atoms with Crippen LogP contribution in [0.25, 0.3) is 0 Å². The van der Waals surface area contributed by atoms with Crippen molar-refractivity contribution in [2.75, 3.05) is 0 Å². The average Bonchev–Trinajstić information content (AvgIpc) is 2.43. The molecule has 2 nitrogen and oxygen atoms in total. The van der Waals surface area contributed by atoms with Gasteiger partial charge in [0, 0.05) is 5.41 Å². The molecule has 0 heterocycles. The van der Waals surface area contributed by atoms with Crippen LogP contribution in [0.2, 0.25) is 0 Å². The highest BCUT2D eigenvalue weighted by atomic mass is 16.4. The third-order valence-electron chi connectivity index (χ3n) is 2.51. The molecular formula is C8H12O2. The van der Waals surface area contributed by atoms with Crippen LogP contribution >= 0.6 is 0 Å². The zero-order chi connectivity index (χ0) is 7.94. The van der Waals surface area contributed by atoms with E-state index in [0.29, 0.717) is 0 Å². The summed E-state index contributed by atoms with van der Waals surface area (Å²) in [4.78, 5) is 10.4. The molecule has 0 unspecified atom stereocenters. The van der Waals surface area contributed by atoms with Crippen LogP contribution in [-0.2, 0) is 4.79 Å². The first-order chi connectivity index (χ1) is 4.48. The number of rotatable bonds is 2. The largest absolute Gasteiger partial charge is 0.481 e. The van der Waals surface area contributed by atoms with E-state index in [-0.39, 0.29) is 11.3 Å². The third kappa shape index (κ3) is 0.838. The van der Waals surface area contributed by atoms with Crippen molar-refractivity contribution in [3.8, 4) is 0 Å². The van der Waals surface area contributed by atoms with Gasteiger partial charge in [0.1, 0.15) is 0 Å². The van der Waals surface area contributed by atoms with E-state index in [9.17, 15) is 4.79 Å². The van der Waals surface area contributed by atoms with Crippen LogP contribution < -0.4 is 0 Å². The first kappa shape index (κ1) is 7.32. The van der Waals surface area contributed by atoms with Crippen molar-refractivity contribution in [1.82, 2.24) is 0 Å². The van der Waals surface area contributed by atoms with Crippen LogP contribution in [0, 0.1) is 11.3 Å². The van der Waals surface area contributed by atoms with Gasteiger partial charge in [-0.2, -0.15) is 0 Å². The summed E-state index contributed by atoms with van der Waals surface area (Å²) in [5, 5.41) is 8.60. The summed E-state index contributed by atoms with van der Waals surface area (Å²) in [6, 6.07) is 0. The summed E-state index contributed by atoms with van der Waals surface area (Å²) in [5.74, 6) is -0.865. The van der Waals surface area contributed by atoms with Gasteiger partial charge in [-0.15, -0.1) is 0 Å². The molecule has 0 radical (unpaired) electrons. The Morgan fingerprint density at radius 3 is 2.40 bits per heavy atom. The second kappa shape index (κ2) is 1.84. The van der Waals surface area contributed by atoms with E-state index >= 15 is 0 Å². The minimum atomic E-state index is -0.689. The van der Waals surface area contributed by atoms with Gasteiger partial charge in [-0.25, -0.2) is 0 Å². The molecule has 1 rings (SSSR count). The number of aliphatic carboxylic acids is 1. The Balaban J connectivity index is 2.65. The molecular weight excluding hydrogens is 128 g/mol. The first-order valence-corrected chi connectivity index (χ1v) is 3.37. The van der Waals surface area contributed by atoms with Crippen molar-refractivity contribution in [2.24, 2.45) is 11.3 Å². The molecule has 0 amide bonds. The molecule has 2 heteroatoms. The van der Waals surface area contributed by atoms with E-state index in [1.165, 1.54) is 0 Å². The van der Waals surface area contributed by atoms with Crippen molar-refractivity contribution in [3.05, 3.63) is 12.2 Å². The van der Waals surface area contributed by atoms with Crippen molar-refractivity contribution in [3.63, 3.8) is 0 Å². The summed E-state index contributed by atoms with van der Waals surface area (Å²) in [6.07, 6.45) is 0.762. The minimum absolute atomic E-state index is 0.105. The molecule has 0 aromatic rings. The second-order valence-corrected chi connectivity index (χ2v) is 3.29. The molecule has 1 N–H and O–H groups in total. The maximum atomic E-state index is 10.4. The Morgan fingerprint density at radius 1 is 1.80 bits per heavy atom. The van der Waals surface area contributed by atoms with Crippen molar-refractivity contribution in [1.29, 1.82) is 0 Å². The molecule has 10 heavy (non-hydrogen) atoms. The van der Waals surface area contributed by atoms with Crippen LogP contribution in [0.3, 0.4) is 0 Å². The maximum absolute atomic E-state index is 10.4. The van der Waals surface area contributed by atoms with Crippen LogP contribution in [0.1, 0.15) is 20.3 Å². The standard InChI is InChI=1S/C8H12O2/c1-5(2)8(3)4-6(8)7(9)10/h6H,1,4H2,2-3H3,(H,9,10)/t6-,8-/m1/s1. The monoisotopic (exact) mass is 140 g/mol. The van der Waals surface area contributed by atoms with Gasteiger partial charge in [0.25, 0.3) is 0 Å². The summed E-state index contributed by atoms with van der Waals surface area (Å²) in [5.41, 5.74) is 0.881. The third-order valence-corrected chi connectivity index (χ3v) is 2.51. The van der Waals surface area contributed by atoms with Gasteiger partial charge in [0.2, 0.25) is 0 Å². The fraction of sp³-hybridized carbons (Fsp3) is 0.625. The Hall–Kier alpha value is -0.790. The normalized spacial score (nSPS) is 37.2. The molecule has 1 saturated carbocycles. The Labute approximate surface area is 60.6 Å². The van der Waals surface area contributed by atoms with Gasteiger partial charge in [0.15, 0.2) is 0 Å². The topological polar surface area (TPSA) is 37.3 Å². The molecule has 56 valence electrons. The molecule has 0 aromatic heterocycles. The quantitative estimate of drug-likeness (QED) is 0.592. The van der Waals surface area contributed by atoms with Crippen LogP contribution in [0.4, 0.5) is 0 Å². The Kier molecular flexibility index (Phi) is 1.35. The van der Waals surface area contributed by atoms with Crippen LogP contribution in [0.5, 0.6) is 0 Å². The SMILES string of the molecule is C=C(C)[C@@]1(C)C[C@@H]1C(=O)O. The van der Waals surface area contributed by atoms with E-state index in [1.807, 2.05) is 13.8 Å². The first-order valence-electron chi connectivity index (χ1n) is 3.37. The Morgan fingerprint density at radius 2 is 2.30 bits per heavy atom. The van der Waals surface area contributed by atoms with Crippen LogP contribution in [0.15, 0.2) is 12.2 Å². The maximum Gasteiger partial charge on any atom is 0.307 e. The van der Waals surface area contributed by atoms with E-state index < -0.39 is 5.97 Å². The highest BCUT2D eigenvalue weighted by Crippen LogP contribution is 2.56. The number of hydrogen-bond acceptors (Lipinski definition) is 1. The summed E-state index contributed by atoms with van der Waals surface area (Å²) >= 11 is 0. The van der Waals surface area contributed by atoms with Crippen LogP contribution in [-0.4, -0.2) is 11.1 Å². The summed E-state index contributed by atoms with van der Waals surface area (Å²) < 4.78 is 0. The summed E-state index contributed by atoms with van der Waals surface area (Å²) in [7, 11) is 0. The fourth-order valence-corrected chi connectivity index (χ4v) is 1.20. The Bertz CT molecular complexity index is 195. The lowest BCUT2D eigenvalue weighted by molar-refractivity contribution is -0.139. The van der Waals surface area contributed by atoms with E-state index in [0.717, 1.165) is 12.0 Å². The zero-order valence-corrected chi connectivity index (χ0v) is 6.35. The van der Waals surface area contributed by atoms with E-state index in [4.69, 9.17) is 5.11 Å². The molecule has 0 saturated heterocycles. The fourth-order valence-electron chi connectivity index (χ4n) is 1.20. The zero-order valence-electron chi connectivity index (χ0n) is 6.35. The summed E-state index contributed by atoms with van der Waals surface area (Å²) in [6.45, 7) is 7.60. The van der Waals surface area contributed by atoms with Gasteiger partial charge in [-0.05, 0) is 13.3 Å². The molecule has 0 aliphatic heterocycles.